The summed E-state index contributed by atoms with van der Waals surface area (Å²) in [5, 5.41) is 2.76. The molecule has 8 heteroatoms. The van der Waals surface area contributed by atoms with Gasteiger partial charge in [0.05, 0.1) is 11.4 Å². The molecule has 0 radical (unpaired) electrons. The van der Waals surface area contributed by atoms with E-state index in [4.69, 9.17) is 4.74 Å². The lowest BCUT2D eigenvalue weighted by Gasteiger charge is -2.14. The first-order valence-electron chi connectivity index (χ1n) is 9.99. The van der Waals surface area contributed by atoms with Crippen molar-refractivity contribution in [3.8, 4) is 5.75 Å². The Morgan fingerprint density at radius 1 is 1.16 bits per heavy atom. The highest BCUT2D eigenvalue weighted by atomic mass is 32.2. The van der Waals surface area contributed by atoms with Gasteiger partial charge in [-0.3, -0.25) is 19.3 Å². The fourth-order valence-electron chi connectivity index (χ4n) is 3.33. The monoisotopic (exact) mass is 439 g/mol. The minimum Gasteiger partial charge on any atom is -0.424 e. The van der Waals surface area contributed by atoms with Crippen molar-refractivity contribution in [3.05, 3.63) is 53.6 Å². The first-order chi connectivity index (χ1) is 14.8. The summed E-state index contributed by atoms with van der Waals surface area (Å²) in [5.41, 5.74) is 3.36. The van der Waals surface area contributed by atoms with Crippen LogP contribution >= 0.6 is 11.8 Å². The highest BCUT2D eigenvalue weighted by Gasteiger charge is 2.38. The van der Waals surface area contributed by atoms with Gasteiger partial charge in [0.2, 0.25) is 11.8 Å². The third-order valence-electron chi connectivity index (χ3n) is 4.55. The molecule has 162 valence electrons. The smallest absolute Gasteiger partial charge is 0.308 e. The second kappa shape index (κ2) is 9.78. The van der Waals surface area contributed by atoms with E-state index >= 15 is 0 Å². The molecule has 1 fully saturated rings. The Morgan fingerprint density at radius 3 is 2.48 bits per heavy atom. The molecule has 2 aromatic carbocycles. The number of hydrogen-bond donors (Lipinski definition) is 1. The number of aryl methyl sites for hydroxylation is 2. The van der Waals surface area contributed by atoms with Gasteiger partial charge in [-0.1, -0.05) is 30.0 Å². The quantitative estimate of drug-likeness (QED) is 0.538. The standard InChI is InChI=1S/C23H25N3O4S/c1-5-26-22(29)20(31-23(26)24-17-11-14(2)10-15(3)12-17)13-21(28)25-18-8-6-7-9-19(18)30-16(4)27/h6-12,20H,5,13H2,1-4H3,(H,25,28). The van der Waals surface area contributed by atoms with Gasteiger partial charge in [-0.25, -0.2) is 4.99 Å². The highest BCUT2D eigenvalue weighted by molar-refractivity contribution is 8.15. The van der Waals surface area contributed by atoms with E-state index in [-0.39, 0.29) is 24.0 Å². The number of anilines is 1. The number of nitrogens with one attached hydrogen (secondary N) is 1. The van der Waals surface area contributed by atoms with Gasteiger partial charge in [-0.2, -0.15) is 0 Å². The zero-order valence-corrected chi connectivity index (χ0v) is 18.8. The van der Waals surface area contributed by atoms with Crippen LogP contribution in [0.15, 0.2) is 47.5 Å². The van der Waals surface area contributed by atoms with Crippen LogP contribution < -0.4 is 10.1 Å². The number of amidine groups is 1. The average molecular weight is 440 g/mol. The molecule has 31 heavy (non-hydrogen) atoms. The van der Waals surface area contributed by atoms with Crippen molar-refractivity contribution in [2.24, 2.45) is 4.99 Å². The van der Waals surface area contributed by atoms with Gasteiger partial charge in [0.15, 0.2) is 10.9 Å². The summed E-state index contributed by atoms with van der Waals surface area (Å²) >= 11 is 1.29. The van der Waals surface area contributed by atoms with Crippen LogP contribution in [-0.2, 0) is 14.4 Å². The number of carbonyl (C=O) groups is 3. The van der Waals surface area contributed by atoms with Crippen molar-refractivity contribution in [2.75, 3.05) is 11.9 Å². The Morgan fingerprint density at radius 2 is 1.84 bits per heavy atom. The van der Waals surface area contributed by atoms with Crippen LogP contribution in [0.4, 0.5) is 11.4 Å². The summed E-state index contributed by atoms with van der Waals surface area (Å²) in [7, 11) is 0. The van der Waals surface area contributed by atoms with Gasteiger partial charge in [0.1, 0.15) is 5.25 Å². The molecule has 0 aromatic heterocycles. The molecular formula is C23H25N3O4S. The second-order valence-electron chi connectivity index (χ2n) is 7.27. The van der Waals surface area contributed by atoms with Crippen molar-refractivity contribution in [2.45, 2.75) is 39.4 Å². The molecule has 1 atom stereocenters. The van der Waals surface area contributed by atoms with E-state index in [2.05, 4.69) is 16.4 Å². The third kappa shape index (κ3) is 5.73. The van der Waals surface area contributed by atoms with Crippen LogP contribution in [0.2, 0.25) is 0 Å². The van der Waals surface area contributed by atoms with Crippen molar-refractivity contribution in [1.29, 1.82) is 0 Å². The van der Waals surface area contributed by atoms with E-state index < -0.39 is 11.2 Å². The predicted octanol–water partition coefficient (Wildman–Crippen LogP) is 4.21. The maximum absolute atomic E-state index is 12.8. The molecule has 1 heterocycles. The van der Waals surface area contributed by atoms with Crippen LogP contribution in [0.1, 0.15) is 31.4 Å². The first-order valence-corrected chi connectivity index (χ1v) is 10.9. The fourth-order valence-corrected chi connectivity index (χ4v) is 4.55. The zero-order valence-electron chi connectivity index (χ0n) is 18.0. The molecule has 0 spiro atoms. The molecule has 2 amide bonds. The normalized spacial score (nSPS) is 17.2. The van der Waals surface area contributed by atoms with Gasteiger partial charge in [0, 0.05) is 19.9 Å². The SMILES string of the molecule is CCN1C(=O)C(CC(=O)Nc2ccccc2OC(C)=O)SC1=Nc1cc(C)cc(C)c1. The maximum Gasteiger partial charge on any atom is 0.308 e. The van der Waals surface area contributed by atoms with Crippen LogP contribution in [0.3, 0.4) is 0 Å². The Bertz CT molecular complexity index is 1030. The predicted molar refractivity (Wildman–Crippen MR) is 123 cm³/mol. The summed E-state index contributed by atoms with van der Waals surface area (Å²) < 4.78 is 5.12. The summed E-state index contributed by atoms with van der Waals surface area (Å²) in [6.07, 6.45) is -0.0136. The first kappa shape index (κ1) is 22.6. The Hall–Kier alpha value is -3.13. The number of hydrogen-bond acceptors (Lipinski definition) is 6. The van der Waals surface area contributed by atoms with E-state index in [9.17, 15) is 14.4 Å². The number of carbonyl (C=O) groups excluding carboxylic acids is 3. The molecule has 2 aromatic rings. The number of amides is 2. The van der Waals surface area contributed by atoms with Crippen molar-refractivity contribution in [3.63, 3.8) is 0 Å². The Balaban J connectivity index is 1.74. The lowest BCUT2D eigenvalue weighted by atomic mass is 10.1. The van der Waals surface area contributed by atoms with Gasteiger partial charge in [-0.15, -0.1) is 0 Å². The zero-order chi connectivity index (χ0) is 22.5. The van der Waals surface area contributed by atoms with Crippen LogP contribution in [0.5, 0.6) is 5.75 Å². The summed E-state index contributed by atoms with van der Waals surface area (Å²) in [6, 6.07) is 12.7. The second-order valence-corrected chi connectivity index (χ2v) is 8.44. The van der Waals surface area contributed by atoms with E-state index in [1.165, 1.54) is 18.7 Å². The Kier molecular flexibility index (Phi) is 7.12. The van der Waals surface area contributed by atoms with Gasteiger partial charge < -0.3 is 10.1 Å². The average Bonchev–Trinajstić information content (AvgIpc) is 2.96. The molecule has 0 aliphatic carbocycles. The number of ether oxygens (including phenoxy) is 1. The lowest BCUT2D eigenvalue weighted by Crippen LogP contribution is -2.33. The number of esters is 1. The molecule has 3 rings (SSSR count). The molecule has 1 aliphatic heterocycles. The molecule has 0 saturated carbocycles. The number of nitrogens with zero attached hydrogens (tertiary/aromatic N) is 2. The van der Waals surface area contributed by atoms with Gasteiger partial charge >= 0.3 is 5.97 Å². The number of rotatable bonds is 6. The summed E-state index contributed by atoms with van der Waals surface area (Å²) in [4.78, 5) is 43.0. The number of thioether (sulfide) groups is 1. The lowest BCUT2D eigenvalue weighted by molar-refractivity contribution is -0.132. The van der Waals surface area contributed by atoms with Crippen LogP contribution in [-0.4, -0.2) is 39.6 Å². The molecular weight excluding hydrogens is 414 g/mol. The highest BCUT2D eigenvalue weighted by Crippen LogP contribution is 2.32. The Labute approximate surface area is 185 Å². The van der Waals surface area contributed by atoms with Crippen molar-refractivity contribution < 1.29 is 19.1 Å². The maximum atomic E-state index is 12.8. The molecule has 1 unspecified atom stereocenters. The van der Waals surface area contributed by atoms with E-state index in [1.807, 2.05) is 32.9 Å². The molecule has 1 saturated heterocycles. The van der Waals surface area contributed by atoms with E-state index in [0.29, 0.717) is 17.4 Å². The van der Waals surface area contributed by atoms with Crippen LogP contribution in [0, 0.1) is 13.8 Å². The third-order valence-corrected chi connectivity index (χ3v) is 5.73. The van der Waals surface area contributed by atoms with E-state index in [1.54, 1.807) is 29.2 Å². The van der Waals surface area contributed by atoms with Crippen LogP contribution in [0.25, 0.3) is 0 Å². The van der Waals surface area contributed by atoms with Crippen molar-refractivity contribution in [1.82, 2.24) is 4.90 Å². The largest absolute Gasteiger partial charge is 0.424 e. The fraction of sp³-hybridized carbons (Fsp3) is 0.304. The molecule has 1 N–H and O–H groups in total. The topological polar surface area (TPSA) is 88.1 Å². The van der Waals surface area contributed by atoms with Gasteiger partial charge in [0.25, 0.3) is 0 Å². The molecule has 0 bridgehead atoms. The van der Waals surface area contributed by atoms with Gasteiger partial charge in [-0.05, 0) is 56.2 Å². The molecule has 1 aliphatic rings. The number of para-hydroxylation sites is 2. The minimum atomic E-state index is -0.564. The number of aliphatic imine (C=N–C) groups is 1. The minimum absolute atomic E-state index is 0.0136. The molecule has 7 nitrogen and oxygen atoms in total. The van der Waals surface area contributed by atoms with E-state index in [0.717, 1.165) is 16.8 Å². The summed E-state index contributed by atoms with van der Waals surface area (Å²) in [5.74, 6) is -0.691. The van der Waals surface area contributed by atoms with Crippen molar-refractivity contribution >= 4 is 46.1 Å². The number of benzene rings is 2. The summed E-state index contributed by atoms with van der Waals surface area (Å²) in [6.45, 7) is 7.66.